The number of ether oxygens (including phenoxy) is 1. The number of rotatable bonds is 6. The topological polar surface area (TPSA) is 41.5 Å². The van der Waals surface area contributed by atoms with Gasteiger partial charge in [-0.05, 0) is 36.9 Å². The fraction of sp³-hybridized carbons (Fsp3) is 0.375. The van der Waals surface area contributed by atoms with Crippen LogP contribution in [0.5, 0.6) is 5.75 Å². The van der Waals surface area contributed by atoms with Crippen LogP contribution >= 0.6 is 0 Å². The predicted molar refractivity (Wildman–Crippen MR) is 78.6 cm³/mol. The number of nitrogens with one attached hydrogen (secondary N) is 1. The highest BCUT2D eigenvalue weighted by molar-refractivity contribution is 5.83. The summed E-state index contributed by atoms with van der Waals surface area (Å²) in [6.07, 6.45) is 0.757. The van der Waals surface area contributed by atoms with Crippen LogP contribution in [0, 0.1) is 0 Å². The van der Waals surface area contributed by atoms with E-state index in [0.29, 0.717) is 6.61 Å². The molecule has 0 bridgehead atoms. The van der Waals surface area contributed by atoms with E-state index in [4.69, 9.17) is 4.74 Å². The van der Waals surface area contributed by atoms with E-state index in [-0.39, 0.29) is 12.1 Å². The maximum Gasteiger partial charge on any atom is 0.119 e. The molecule has 0 saturated heterocycles. The fourth-order valence-electron chi connectivity index (χ4n) is 1.93. The number of hydrogen-bond donors (Lipinski definition) is 2. The molecule has 19 heavy (non-hydrogen) atoms. The van der Waals surface area contributed by atoms with Crippen LogP contribution in [0.4, 0.5) is 0 Å². The van der Waals surface area contributed by atoms with E-state index >= 15 is 0 Å². The molecule has 0 spiro atoms. The van der Waals surface area contributed by atoms with E-state index in [0.717, 1.165) is 12.2 Å². The molecule has 0 amide bonds. The molecule has 1 atom stereocenters. The van der Waals surface area contributed by atoms with Crippen LogP contribution in [0.3, 0.4) is 0 Å². The lowest BCUT2D eigenvalue weighted by Crippen LogP contribution is -2.44. The molecule has 3 heteroatoms. The van der Waals surface area contributed by atoms with Crippen LogP contribution in [0.1, 0.15) is 13.3 Å². The molecule has 0 aliphatic rings. The third-order valence-electron chi connectivity index (χ3n) is 3.60. The second-order valence-electron chi connectivity index (χ2n) is 5.08. The van der Waals surface area contributed by atoms with Gasteiger partial charge in [0.1, 0.15) is 5.75 Å². The van der Waals surface area contributed by atoms with Crippen molar-refractivity contribution in [2.24, 2.45) is 0 Å². The van der Waals surface area contributed by atoms with Crippen molar-refractivity contribution in [3.8, 4) is 5.75 Å². The van der Waals surface area contributed by atoms with Crippen LogP contribution in [0.2, 0.25) is 0 Å². The monoisotopic (exact) mass is 259 g/mol. The second-order valence-corrected chi connectivity index (χ2v) is 5.08. The molecule has 2 aromatic carbocycles. The lowest BCUT2D eigenvalue weighted by molar-refractivity contribution is 0.151. The molecule has 0 fully saturated rings. The van der Waals surface area contributed by atoms with Crippen LogP contribution in [0.15, 0.2) is 42.5 Å². The van der Waals surface area contributed by atoms with Crippen LogP contribution < -0.4 is 10.1 Å². The van der Waals surface area contributed by atoms with Gasteiger partial charge in [-0.3, -0.25) is 0 Å². The summed E-state index contributed by atoms with van der Waals surface area (Å²) in [6.45, 7) is 2.66. The van der Waals surface area contributed by atoms with Crippen LogP contribution in [-0.4, -0.2) is 30.9 Å². The second kappa shape index (κ2) is 6.04. The number of aliphatic hydroxyl groups excluding tert-OH is 1. The fourth-order valence-corrected chi connectivity index (χ4v) is 1.93. The molecule has 0 heterocycles. The number of aliphatic hydroxyl groups is 1. The van der Waals surface area contributed by atoms with Gasteiger partial charge in [-0.25, -0.2) is 0 Å². The van der Waals surface area contributed by atoms with E-state index in [1.165, 1.54) is 10.8 Å². The molecule has 102 valence electrons. The molecule has 3 nitrogen and oxygen atoms in total. The first kappa shape index (κ1) is 13.8. The molecular weight excluding hydrogens is 238 g/mol. The Kier molecular flexibility index (Phi) is 4.40. The van der Waals surface area contributed by atoms with Gasteiger partial charge in [-0.15, -0.1) is 0 Å². The summed E-state index contributed by atoms with van der Waals surface area (Å²) >= 11 is 0. The quantitative estimate of drug-likeness (QED) is 0.838. The normalized spacial score (nSPS) is 14.3. The number of hydrogen-bond acceptors (Lipinski definition) is 3. The molecule has 1 unspecified atom stereocenters. The molecule has 0 saturated carbocycles. The molecule has 2 N–H and O–H groups in total. The summed E-state index contributed by atoms with van der Waals surface area (Å²) in [5.74, 6) is 0.870. The van der Waals surface area contributed by atoms with Gasteiger partial charge in [0, 0.05) is 12.0 Å². The minimum absolute atomic E-state index is 0.102. The van der Waals surface area contributed by atoms with Gasteiger partial charge in [0.25, 0.3) is 0 Å². The van der Waals surface area contributed by atoms with Crippen molar-refractivity contribution in [1.82, 2.24) is 5.32 Å². The standard InChI is InChI=1S/C16H21NO2/c1-16(12-18,17-2)9-10-19-15-8-7-13-5-3-4-6-14(13)11-15/h3-8,11,17-18H,9-10,12H2,1-2H3. The Morgan fingerprint density at radius 3 is 2.58 bits per heavy atom. The van der Waals surface area contributed by atoms with E-state index < -0.39 is 0 Å². The van der Waals surface area contributed by atoms with Gasteiger partial charge in [0.2, 0.25) is 0 Å². The first-order chi connectivity index (χ1) is 9.17. The Morgan fingerprint density at radius 2 is 1.89 bits per heavy atom. The van der Waals surface area contributed by atoms with E-state index in [2.05, 4.69) is 23.5 Å². The average molecular weight is 259 g/mol. The van der Waals surface area contributed by atoms with Crippen molar-refractivity contribution in [2.75, 3.05) is 20.3 Å². The Balaban J connectivity index is 1.98. The van der Waals surface area contributed by atoms with Crippen molar-refractivity contribution in [2.45, 2.75) is 18.9 Å². The molecule has 2 rings (SSSR count). The minimum Gasteiger partial charge on any atom is -0.494 e. The number of benzene rings is 2. The van der Waals surface area contributed by atoms with Crippen LogP contribution in [0.25, 0.3) is 10.8 Å². The van der Waals surface area contributed by atoms with Gasteiger partial charge in [-0.2, -0.15) is 0 Å². The predicted octanol–water partition coefficient (Wildman–Crippen LogP) is 2.58. The summed E-state index contributed by atoms with van der Waals surface area (Å²) in [7, 11) is 1.85. The maximum absolute atomic E-state index is 9.31. The zero-order valence-electron chi connectivity index (χ0n) is 11.5. The number of fused-ring (bicyclic) bond motifs is 1. The zero-order valence-corrected chi connectivity index (χ0v) is 11.5. The van der Waals surface area contributed by atoms with Gasteiger partial charge >= 0.3 is 0 Å². The largest absolute Gasteiger partial charge is 0.494 e. The SMILES string of the molecule is CNC(C)(CO)CCOc1ccc2ccccc2c1. The third kappa shape index (κ3) is 3.46. The van der Waals surface area contributed by atoms with Crippen molar-refractivity contribution >= 4 is 10.8 Å². The third-order valence-corrected chi connectivity index (χ3v) is 3.60. The lowest BCUT2D eigenvalue weighted by Gasteiger charge is -2.26. The highest BCUT2D eigenvalue weighted by atomic mass is 16.5. The molecule has 0 aliphatic heterocycles. The molecule has 0 radical (unpaired) electrons. The van der Waals surface area contributed by atoms with Gasteiger partial charge in [-0.1, -0.05) is 30.3 Å². The Hall–Kier alpha value is -1.58. The molecule has 2 aromatic rings. The molecular formula is C16H21NO2. The molecule has 0 aromatic heterocycles. The number of likely N-dealkylation sites (N-methyl/N-ethyl adjacent to an activating group) is 1. The summed E-state index contributed by atoms with van der Waals surface area (Å²) in [5, 5.41) is 14.8. The highest BCUT2D eigenvalue weighted by Crippen LogP contribution is 2.21. The summed E-state index contributed by atoms with van der Waals surface area (Å²) in [4.78, 5) is 0. The zero-order chi connectivity index (χ0) is 13.7. The van der Waals surface area contributed by atoms with Crippen LogP contribution in [-0.2, 0) is 0 Å². The van der Waals surface area contributed by atoms with Gasteiger partial charge in [0.15, 0.2) is 0 Å². The van der Waals surface area contributed by atoms with Gasteiger partial charge < -0.3 is 15.2 Å². The van der Waals surface area contributed by atoms with Crippen molar-refractivity contribution in [3.05, 3.63) is 42.5 Å². The van der Waals surface area contributed by atoms with E-state index in [1.807, 2.05) is 38.2 Å². The maximum atomic E-state index is 9.31. The molecule has 0 aliphatic carbocycles. The van der Waals surface area contributed by atoms with Crippen molar-refractivity contribution < 1.29 is 9.84 Å². The lowest BCUT2D eigenvalue weighted by atomic mass is 10.0. The minimum atomic E-state index is -0.281. The van der Waals surface area contributed by atoms with Gasteiger partial charge in [0.05, 0.1) is 13.2 Å². The summed E-state index contributed by atoms with van der Waals surface area (Å²) in [5.41, 5.74) is -0.281. The Labute approximate surface area is 114 Å². The van der Waals surface area contributed by atoms with Crippen molar-refractivity contribution in [1.29, 1.82) is 0 Å². The average Bonchev–Trinajstić information content (AvgIpc) is 2.47. The summed E-state index contributed by atoms with van der Waals surface area (Å²) in [6, 6.07) is 14.3. The first-order valence-corrected chi connectivity index (χ1v) is 6.58. The Bertz CT molecular complexity index is 535. The first-order valence-electron chi connectivity index (χ1n) is 6.58. The van der Waals surface area contributed by atoms with E-state index in [1.54, 1.807) is 0 Å². The smallest absolute Gasteiger partial charge is 0.119 e. The Morgan fingerprint density at radius 1 is 1.16 bits per heavy atom. The highest BCUT2D eigenvalue weighted by Gasteiger charge is 2.20. The van der Waals surface area contributed by atoms with E-state index in [9.17, 15) is 5.11 Å². The summed E-state index contributed by atoms with van der Waals surface area (Å²) < 4.78 is 5.76. The van der Waals surface area contributed by atoms with Crippen molar-refractivity contribution in [3.63, 3.8) is 0 Å².